The van der Waals surface area contributed by atoms with Crippen LogP contribution in [0.15, 0.2) is 22.7 Å². The van der Waals surface area contributed by atoms with E-state index in [4.69, 9.17) is 10.5 Å². The highest BCUT2D eigenvalue weighted by atomic mass is 79.9. The average molecular weight is 326 g/mol. The Kier molecular flexibility index (Phi) is 3.03. The first kappa shape index (κ1) is 12.0. The number of carbonyl (C=O) groups excluding carboxylic acids is 1. The number of primary amides is 1. The van der Waals surface area contributed by atoms with Gasteiger partial charge in [0, 0.05) is 9.17 Å². The minimum absolute atomic E-state index is 0.386. The van der Waals surface area contributed by atoms with Crippen LogP contribution in [-0.2, 0) is 0 Å². The Balaban J connectivity index is 1.94. The molecular formula is C13H12BrNO2S. The van der Waals surface area contributed by atoms with Gasteiger partial charge in [0.2, 0.25) is 0 Å². The summed E-state index contributed by atoms with van der Waals surface area (Å²) in [4.78, 5) is 11.8. The van der Waals surface area contributed by atoms with Crippen LogP contribution >= 0.6 is 27.3 Å². The third kappa shape index (κ3) is 2.37. The number of fused-ring (bicyclic) bond motifs is 1. The predicted octanol–water partition coefficient (Wildman–Crippen LogP) is 3.55. The minimum atomic E-state index is -0.386. The van der Waals surface area contributed by atoms with Gasteiger partial charge in [-0.15, -0.1) is 11.3 Å². The quantitative estimate of drug-likeness (QED) is 0.934. The van der Waals surface area contributed by atoms with Crippen molar-refractivity contribution in [3.8, 4) is 5.75 Å². The first-order valence-electron chi connectivity index (χ1n) is 5.79. The average Bonchev–Trinajstić information content (AvgIpc) is 3.04. The van der Waals surface area contributed by atoms with Crippen molar-refractivity contribution >= 4 is 43.3 Å². The Morgan fingerprint density at radius 1 is 1.44 bits per heavy atom. The highest BCUT2D eigenvalue weighted by Crippen LogP contribution is 2.36. The van der Waals surface area contributed by atoms with Gasteiger partial charge in [-0.25, -0.2) is 0 Å². The van der Waals surface area contributed by atoms with Gasteiger partial charge in [0.15, 0.2) is 0 Å². The zero-order chi connectivity index (χ0) is 12.7. The molecule has 1 heterocycles. The standard InChI is InChI=1S/C13H12BrNO2S/c14-10-5-9(17-6-7-1-2-7)3-8-4-11(13(15)16)18-12(8)10/h3-5,7H,1-2,6H2,(H2,15,16). The van der Waals surface area contributed by atoms with Crippen LogP contribution in [0.4, 0.5) is 0 Å². The fourth-order valence-corrected chi connectivity index (χ4v) is 3.38. The van der Waals surface area contributed by atoms with Gasteiger partial charge in [-0.2, -0.15) is 0 Å². The first-order chi connectivity index (χ1) is 8.63. The Morgan fingerprint density at radius 2 is 2.22 bits per heavy atom. The SMILES string of the molecule is NC(=O)c1cc2cc(OCC3CC3)cc(Br)c2s1. The highest BCUT2D eigenvalue weighted by molar-refractivity contribution is 9.10. The van der Waals surface area contributed by atoms with E-state index in [1.807, 2.05) is 18.2 Å². The van der Waals surface area contributed by atoms with Gasteiger partial charge in [-0.05, 0) is 58.3 Å². The van der Waals surface area contributed by atoms with Crippen molar-refractivity contribution in [1.29, 1.82) is 0 Å². The molecule has 18 heavy (non-hydrogen) atoms. The fourth-order valence-electron chi connectivity index (χ4n) is 1.79. The van der Waals surface area contributed by atoms with Crippen molar-refractivity contribution in [2.24, 2.45) is 11.7 Å². The van der Waals surface area contributed by atoms with Gasteiger partial charge < -0.3 is 10.5 Å². The molecule has 2 N–H and O–H groups in total. The third-order valence-electron chi connectivity index (χ3n) is 2.97. The number of carbonyl (C=O) groups is 1. The molecule has 1 aromatic heterocycles. The minimum Gasteiger partial charge on any atom is -0.493 e. The Hall–Kier alpha value is -1.07. The van der Waals surface area contributed by atoms with E-state index in [0.29, 0.717) is 4.88 Å². The molecule has 0 saturated heterocycles. The van der Waals surface area contributed by atoms with Crippen molar-refractivity contribution in [2.75, 3.05) is 6.61 Å². The molecule has 0 bridgehead atoms. The number of benzene rings is 1. The summed E-state index contributed by atoms with van der Waals surface area (Å²) in [7, 11) is 0. The summed E-state index contributed by atoms with van der Waals surface area (Å²) < 4.78 is 7.72. The summed E-state index contributed by atoms with van der Waals surface area (Å²) in [6.07, 6.45) is 2.54. The molecule has 1 aliphatic rings. The van der Waals surface area contributed by atoms with Crippen molar-refractivity contribution < 1.29 is 9.53 Å². The lowest BCUT2D eigenvalue weighted by Crippen LogP contribution is -2.07. The third-order valence-corrected chi connectivity index (χ3v) is 5.06. The number of amides is 1. The molecule has 1 amide bonds. The molecule has 1 aromatic carbocycles. The van der Waals surface area contributed by atoms with Crippen LogP contribution < -0.4 is 10.5 Å². The number of ether oxygens (including phenoxy) is 1. The van der Waals surface area contributed by atoms with E-state index >= 15 is 0 Å². The molecule has 1 saturated carbocycles. The van der Waals surface area contributed by atoms with Crippen LogP contribution in [-0.4, -0.2) is 12.5 Å². The van der Waals surface area contributed by atoms with Crippen molar-refractivity contribution in [3.05, 3.63) is 27.5 Å². The lowest BCUT2D eigenvalue weighted by Gasteiger charge is -2.06. The maximum Gasteiger partial charge on any atom is 0.258 e. The lowest BCUT2D eigenvalue weighted by atomic mass is 10.2. The van der Waals surface area contributed by atoms with Crippen molar-refractivity contribution in [3.63, 3.8) is 0 Å². The normalized spacial score (nSPS) is 14.9. The molecule has 3 nitrogen and oxygen atoms in total. The maximum atomic E-state index is 11.2. The predicted molar refractivity (Wildman–Crippen MR) is 76.3 cm³/mol. The van der Waals surface area contributed by atoms with E-state index < -0.39 is 0 Å². The number of nitrogens with two attached hydrogens (primary N) is 1. The topological polar surface area (TPSA) is 52.3 Å². The van der Waals surface area contributed by atoms with Crippen molar-refractivity contribution in [1.82, 2.24) is 0 Å². The number of hydrogen-bond acceptors (Lipinski definition) is 3. The zero-order valence-electron chi connectivity index (χ0n) is 9.61. The van der Waals surface area contributed by atoms with E-state index in [9.17, 15) is 4.79 Å². The second kappa shape index (κ2) is 4.55. The van der Waals surface area contributed by atoms with Gasteiger partial charge in [0.05, 0.1) is 11.5 Å². The summed E-state index contributed by atoms with van der Waals surface area (Å²) in [5.41, 5.74) is 5.30. The van der Waals surface area contributed by atoms with Crippen LogP contribution in [0.1, 0.15) is 22.5 Å². The van der Waals surface area contributed by atoms with Crippen LogP contribution in [0.5, 0.6) is 5.75 Å². The Bertz CT molecular complexity index is 619. The molecule has 0 spiro atoms. The molecule has 2 aromatic rings. The fraction of sp³-hybridized carbons (Fsp3) is 0.308. The smallest absolute Gasteiger partial charge is 0.258 e. The van der Waals surface area contributed by atoms with Gasteiger partial charge >= 0.3 is 0 Å². The van der Waals surface area contributed by atoms with E-state index in [0.717, 1.165) is 32.8 Å². The van der Waals surface area contributed by atoms with Crippen LogP contribution in [0, 0.1) is 5.92 Å². The summed E-state index contributed by atoms with van der Waals surface area (Å²) in [5, 5.41) is 0.994. The first-order valence-corrected chi connectivity index (χ1v) is 7.40. The van der Waals surface area contributed by atoms with Gasteiger partial charge in [-0.1, -0.05) is 0 Å². The van der Waals surface area contributed by atoms with Crippen LogP contribution in [0.2, 0.25) is 0 Å². The Labute approximate surface area is 117 Å². The summed E-state index contributed by atoms with van der Waals surface area (Å²) in [5.74, 6) is 1.18. The lowest BCUT2D eigenvalue weighted by molar-refractivity contribution is 0.100. The molecule has 1 fully saturated rings. The van der Waals surface area contributed by atoms with Crippen LogP contribution in [0.25, 0.3) is 10.1 Å². The van der Waals surface area contributed by atoms with Crippen LogP contribution in [0.3, 0.4) is 0 Å². The molecule has 5 heteroatoms. The second-order valence-electron chi connectivity index (χ2n) is 4.55. The van der Waals surface area contributed by atoms with E-state index in [1.54, 1.807) is 0 Å². The monoisotopic (exact) mass is 325 g/mol. The second-order valence-corrected chi connectivity index (χ2v) is 6.46. The van der Waals surface area contributed by atoms with Gasteiger partial charge in [0.1, 0.15) is 5.75 Å². The van der Waals surface area contributed by atoms with Gasteiger partial charge in [-0.3, -0.25) is 4.79 Å². The van der Waals surface area contributed by atoms with E-state index in [2.05, 4.69) is 15.9 Å². The Morgan fingerprint density at radius 3 is 2.89 bits per heavy atom. The summed E-state index contributed by atoms with van der Waals surface area (Å²) >= 11 is 4.91. The highest BCUT2D eigenvalue weighted by Gasteiger charge is 2.22. The van der Waals surface area contributed by atoms with Crippen molar-refractivity contribution in [2.45, 2.75) is 12.8 Å². The molecule has 1 aliphatic carbocycles. The van der Waals surface area contributed by atoms with E-state index in [-0.39, 0.29) is 5.91 Å². The molecular weight excluding hydrogens is 314 g/mol. The van der Waals surface area contributed by atoms with Gasteiger partial charge in [0.25, 0.3) is 5.91 Å². The zero-order valence-corrected chi connectivity index (χ0v) is 12.0. The number of halogens is 1. The largest absolute Gasteiger partial charge is 0.493 e. The molecule has 0 unspecified atom stereocenters. The molecule has 0 atom stereocenters. The van der Waals surface area contributed by atoms with E-state index in [1.165, 1.54) is 24.2 Å². The molecule has 0 aliphatic heterocycles. The molecule has 94 valence electrons. The number of rotatable bonds is 4. The molecule has 0 radical (unpaired) electrons. The molecule has 3 rings (SSSR count). The number of thiophene rings is 1. The summed E-state index contributed by atoms with van der Waals surface area (Å²) in [6, 6.07) is 5.73. The number of hydrogen-bond donors (Lipinski definition) is 1. The summed E-state index contributed by atoms with van der Waals surface area (Å²) in [6.45, 7) is 0.783. The maximum absolute atomic E-state index is 11.2.